The second-order valence-corrected chi connectivity index (χ2v) is 5.47. The third-order valence-corrected chi connectivity index (χ3v) is 3.77. The lowest BCUT2D eigenvalue weighted by Crippen LogP contribution is -1.83. The van der Waals surface area contributed by atoms with Crippen LogP contribution in [0.4, 0.5) is 4.39 Å². The van der Waals surface area contributed by atoms with E-state index in [0.29, 0.717) is 6.42 Å². The van der Waals surface area contributed by atoms with Gasteiger partial charge in [-0.3, -0.25) is 0 Å². The van der Waals surface area contributed by atoms with E-state index in [1.54, 1.807) is 23.5 Å². The molecule has 0 atom stereocenters. The van der Waals surface area contributed by atoms with E-state index in [0.717, 1.165) is 28.6 Å². The van der Waals surface area contributed by atoms with Gasteiger partial charge in [0.15, 0.2) is 0 Å². The summed E-state index contributed by atoms with van der Waals surface area (Å²) in [7, 11) is 0. The molecule has 0 amide bonds. The maximum atomic E-state index is 13.5. The molecule has 0 radical (unpaired) electrons. The van der Waals surface area contributed by atoms with Crippen molar-refractivity contribution in [2.24, 2.45) is 0 Å². The van der Waals surface area contributed by atoms with Crippen LogP contribution in [0.5, 0.6) is 0 Å². The first-order valence-corrected chi connectivity index (χ1v) is 6.87. The van der Waals surface area contributed by atoms with Crippen molar-refractivity contribution in [3.8, 4) is 0 Å². The van der Waals surface area contributed by atoms with E-state index >= 15 is 0 Å². The minimum atomic E-state index is 0.0977. The largest absolute Gasteiger partial charge is 0.210 e. The van der Waals surface area contributed by atoms with E-state index in [1.807, 2.05) is 0 Å². The van der Waals surface area contributed by atoms with Crippen LogP contribution < -0.4 is 0 Å². The van der Waals surface area contributed by atoms with Gasteiger partial charge in [-0.25, -0.2) is 4.39 Å². The normalized spacial score (nSPS) is 10.2. The standard InChI is InChI=1S/C10H19FS2/c1-4-7-8-9(11)10(12-5-2)13-6-3/h4-8H2,1-3H3. The van der Waals surface area contributed by atoms with Gasteiger partial charge in [0.2, 0.25) is 0 Å². The molecular weight excluding hydrogens is 203 g/mol. The summed E-state index contributed by atoms with van der Waals surface area (Å²) in [5.41, 5.74) is 0. The molecule has 0 rings (SSSR count). The number of hydrogen-bond donors (Lipinski definition) is 0. The first-order valence-electron chi connectivity index (χ1n) is 4.90. The fourth-order valence-corrected chi connectivity index (χ4v) is 2.98. The summed E-state index contributed by atoms with van der Waals surface area (Å²) in [5.74, 6) is 2.02. The Labute approximate surface area is 89.7 Å². The first kappa shape index (κ1) is 13.4. The van der Waals surface area contributed by atoms with Crippen LogP contribution in [0.1, 0.15) is 40.0 Å². The van der Waals surface area contributed by atoms with Gasteiger partial charge in [-0.05, 0) is 17.9 Å². The van der Waals surface area contributed by atoms with Gasteiger partial charge < -0.3 is 0 Å². The summed E-state index contributed by atoms with van der Waals surface area (Å²) >= 11 is 3.25. The quantitative estimate of drug-likeness (QED) is 0.605. The van der Waals surface area contributed by atoms with Crippen molar-refractivity contribution in [1.29, 1.82) is 0 Å². The van der Waals surface area contributed by atoms with E-state index in [1.165, 1.54) is 0 Å². The molecule has 0 aromatic carbocycles. The van der Waals surface area contributed by atoms with Crippen LogP contribution in [0.15, 0.2) is 10.1 Å². The molecule has 0 bridgehead atoms. The van der Waals surface area contributed by atoms with Crippen LogP contribution in [-0.2, 0) is 0 Å². The van der Waals surface area contributed by atoms with Gasteiger partial charge in [0.05, 0.1) is 4.24 Å². The summed E-state index contributed by atoms with van der Waals surface area (Å²) in [6, 6.07) is 0. The lowest BCUT2D eigenvalue weighted by molar-refractivity contribution is 0.571. The first-order chi connectivity index (χ1) is 6.26. The second-order valence-electron chi connectivity index (χ2n) is 2.66. The molecule has 0 spiro atoms. The minimum Gasteiger partial charge on any atom is -0.210 e. The van der Waals surface area contributed by atoms with Gasteiger partial charge in [-0.1, -0.05) is 27.2 Å². The predicted molar refractivity (Wildman–Crippen MR) is 63.9 cm³/mol. The summed E-state index contributed by atoms with van der Waals surface area (Å²) in [6.45, 7) is 6.22. The van der Waals surface area contributed by atoms with Gasteiger partial charge in [0, 0.05) is 6.42 Å². The highest BCUT2D eigenvalue weighted by Crippen LogP contribution is 2.33. The van der Waals surface area contributed by atoms with Crippen LogP contribution in [-0.4, -0.2) is 11.5 Å². The van der Waals surface area contributed by atoms with Crippen molar-refractivity contribution in [2.45, 2.75) is 40.0 Å². The molecule has 0 heterocycles. The van der Waals surface area contributed by atoms with Crippen LogP contribution in [0.3, 0.4) is 0 Å². The molecule has 0 saturated carbocycles. The molecule has 78 valence electrons. The Morgan fingerprint density at radius 2 is 1.62 bits per heavy atom. The second kappa shape index (κ2) is 8.95. The summed E-state index contributed by atoms with van der Waals surface area (Å²) < 4.78 is 14.4. The fourth-order valence-electron chi connectivity index (χ4n) is 0.895. The van der Waals surface area contributed by atoms with E-state index < -0.39 is 0 Å². The zero-order valence-corrected chi connectivity index (χ0v) is 10.4. The maximum absolute atomic E-state index is 13.5. The Hall–Kier alpha value is 0.370. The van der Waals surface area contributed by atoms with Gasteiger partial charge in [0.1, 0.15) is 5.83 Å². The lowest BCUT2D eigenvalue weighted by Gasteiger charge is -2.05. The molecule has 0 aliphatic carbocycles. The predicted octanol–water partition coefficient (Wildman–Crippen LogP) is 4.82. The highest BCUT2D eigenvalue weighted by Gasteiger charge is 2.05. The third kappa shape index (κ3) is 6.44. The van der Waals surface area contributed by atoms with E-state index in [4.69, 9.17) is 0 Å². The zero-order chi connectivity index (χ0) is 10.1. The van der Waals surface area contributed by atoms with E-state index in [9.17, 15) is 4.39 Å². The van der Waals surface area contributed by atoms with Crippen LogP contribution in [0.25, 0.3) is 0 Å². The average Bonchev–Trinajstić information content (AvgIpc) is 2.14. The number of hydrogen-bond acceptors (Lipinski definition) is 2. The molecule has 0 aliphatic rings. The Kier molecular flexibility index (Phi) is 9.20. The molecular formula is C10H19FS2. The van der Waals surface area contributed by atoms with Gasteiger partial charge in [0.25, 0.3) is 0 Å². The van der Waals surface area contributed by atoms with Crippen molar-refractivity contribution < 1.29 is 4.39 Å². The molecule has 0 nitrogen and oxygen atoms in total. The Balaban J connectivity index is 4.08. The average molecular weight is 222 g/mol. The van der Waals surface area contributed by atoms with Gasteiger partial charge in [-0.15, -0.1) is 23.5 Å². The molecule has 0 aromatic heterocycles. The number of allylic oxidation sites excluding steroid dienone is 1. The number of halogens is 1. The minimum absolute atomic E-state index is 0.0977. The van der Waals surface area contributed by atoms with Crippen molar-refractivity contribution in [3.05, 3.63) is 10.1 Å². The fraction of sp³-hybridized carbons (Fsp3) is 0.800. The highest BCUT2D eigenvalue weighted by atomic mass is 32.2. The molecule has 0 fully saturated rings. The van der Waals surface area contributed by atoms with E-state index in [-0.39, 0.29) is 5.83 Å². The summed E-state index contributed by atoms with van der Waals surface area (Å²) in [4.78, 5) is 0. The molecule has 0 aromatic rings. The highest BCUT2D eigenvalue weighted by molar-refractivity contribution is 8.22. The maximum Gasteiger partial charge on any atom is 0.120 e. The molecule has 0 saturated heterocycles. The van der Waals surface area contributed by atoms with Crippen LogP contribution >= 0.6 is 23.5 Å². The molecule has 3 heteroatoms. The van der Waals surface area contributed by atoms with Crippen molar-refractivity contribution in [2.75, 3.05) is 11.5 Å². The summed E-state index contributed by atoms with van der Waals surface area (Å²) in [6.07, 6.45) is 2.64. The Morgan fingerprint density at radius 3 is 2.00 bits per heavy atom. The summed E-state index contributed by atoms with van der Waals surface area (Å²) in [5, 5.41) is 0. The molecule has 13 heavy (non-hydrogen) atoms. The SMILES string of the molecule is CCCCC(F)=C(SCC)SCC. The van der Waals surface area contributed by atoms with Crippen molar-refractivity contribution >= 4 is 23.5 Å². The topological polar surface area (TPSA) is 0 Å². The Morgan fingerprint density at radius 1 is 1.08 bits per heavy atom. The molecule has 0 aliphatic heterocycles. The van der Waals surface area contributed by atoms with Gasteiger partial charge >= 0.3 is 0 Å². The smallest absolute Gasteiger partial charge is 0.120 e. The molecule has 0 unspecified atom stereocenters. The lowest BCUT2D eigenvalue weighted by atomic mass is 10.2. The number of rotatable bonds is 7. The third-order valence-electron chi connectivity index (χ3n) is 1.52. The number of unbranched alkanes of at least 4 members (excludes halogenated alkanes) is 1. The van der Waals surface area contributed by atoms with E-state index in [2.05, 4.69) is 20.8 Å². The Bertz CT molecular complexity index is 147. The van der Waals surface area contributed by atoms with Crippen LogP contribution in [0, 0.1) is 0 Å². The van der Waals surface area contributed by atoms with Crippen molar-refractivity contribution in [3.63, 3.8) is 0 Å². The molecule has 0 N–H and O–H groups in total. The monoisotopic (exact) mass is 222 g/mol. The van der Waals surface area contributed by atoms with Gasteiger partial charge in [-0.2, -0.15) is 0 Å². The van der Waals surface area contributed by atoms with Crippen LogP contribution in [0.2, 0.25) is 0 Å². The van der Waals surface area contributed by atoms with Crippen molar-refractivity contribution in [1.82, 2.24) is 0 Å². The number of thioether (sulfide) groups is 2. The zero-order valence-electron chi connectivity index (χ0n) is 8.73.